The molecule has 1 heterocycles. The second-order valence-electron chi connectivity index (χ2n) is 4.73. The maximum absolute atomic E-state index is 12.6. The van der Waals surface area contributed by atoms with Crippen LogP contribution in [-0.2, 0) is 17.5 Å². The lowest BCUT2D eigenvalue weighted by molar-refractivity contribution is -0.384. The fourth-order valence-corrected chi connectivity index (χ4v) is 1.84. The van der Waals surface area contributed by atoms with Crippen LogP contribution in [0, 0.1) is 10.1 Å². The van der Waals surface area contributed by atoms with Gasteiger partial charge in [-0.05, 0) is 18.2 Å². The summed E-state index contributed by atoms with van der Waals surface area (Å²) in [5.41, 5.74) is -1.78. The molecular weight excluding hydrogens is 331 g/mol. The van der Waals surface area contributed by atoms with Crippen molar-refractivity contribution < 1.29 is 22.9 Å². The number of alkyl halides is 3. The number of hydrogen-bond acceptors (Lipinski definition) is 4. The number of carbonyl (C=O) groups is 1. The zero-order chi connectivity index (χ0) is 17.9. The largest absolute Gasteiger partial charge is 0.417 e. The molecule has 0 bridgehead atoms. The van der Waals surface area contributed by atoms with Gasteiger partial charge in [0.05, 0.1) is 10.5 Å². The average Bonchev–Trinajstić information content (AvgIpc) is 2.48. The van der Waals surface area contributed by atoms with E-state index in [1.54, 1.807) is 0 Å². The van der Waals surface area contributed by atoms with Gasteiger partial charge in [0.1, 0.15) is 6.54 Å². The predicted molar refractivity (Wildman–Crippen MR) is 77.4 cm³/mol. The summed E-state index contributed by atoms with van der Waals surface area (Å²) in [4.78, 5) is 33.3. The number of nitrogens with one attached hydrogen (secondary N) is 1. The number of nitrogens with zero attached hydrogens (tertiary/aromatic N) is 2. The van der Waals surface area contributed by atoms with E-state index in [1.807, 2.05) is 0 Å². The number of anilines is 1. The van der Waals surface area contributed by atoms with Crippen LogP contribution in [0.5, 0.6) is 0 Å². The van der Waals surface area contributed by atoms with Crippen LogP contribution in [-0.4, -0.2) is 15.4 Å². The first-order valence-electron chi connectivity index (χ1n) is 6.49. The molecule has 1 aromatic heterocycles. The zero-order valence-corrected chi connectivity index (χ0v) is 11.9. The summed E-state index contributed by atoms with van der Waals surface area (Å²) >= 11 is 0. The van der Waals surface area contributed by atoms with Gasteiger partial charge in [-0.15, -0.1) is 0 Å². The number of aromatic nitrogens is 1. The SMILES string of the molecule is O=C(Cn1cc(C(F)(F)F)ccc1=O)Nc1ccc([N+](=O)[O-])cc1. The quantitative estimate of drug-likeness (QED) is 0.682. The molecule has 0 spiro atoms. The number of rotatable bonds is 4. The number of carbonyl (C=O) groups excluding carboxylic acids is 1. The van der Waals surface area contributed by atoms with Gasteiger partial charge in [0, 0.05) is 30.1 Å². The number of amides is 1. The molecule has 1 amide bonds. The van der Waals surface area contributed by atoms with Crippen molar-refractivity contribution in [2.24, 2.45) is 0 Å². The van der Waals surface area contributed by atoms with Crippen molar-refractivity contribution in [2.75, 3.05) is 5.32 Å². The molecule has 0 radical (unpaired) electrons. The van der Waals surface area contributed by atoms with E-state index in [9.17, 15) is 32.9 Å². The van der Waals surface area contributed by atoms with Crippen LogP contribution in [0.15, 0.2) is 47.4 Å². The van der Waals surface area contributed by atoms with Crippen LogP contribution in [0.3, 0.4) is 0 Å². The zero-order valence-electron chi connectivity index (χ0n) is 11.9. The number of pyridine rings is 1. The molecule has 0 aliphatic rings. The summed E-state index contributed by atoms with van der Waals surface area (Å²) in [6.45, 7) is -0.625. The standard InChI is InChI=1S/C14H10F3N3O4/c15-14(16,17)9-1-6-13(22)19(7-9)8-12(21)18-10-2-4-11(5-3-10)20(23)24/h1-7H,8H2,(H,18,21). The molecule has 0 aliphatic carbocycles. The molecule has 7 nitrogen and oxygen atoms in total. The third-order valence-electron chi connectivity index (χ3n) is 2.99. The van der Waals surface area contributed by atoms with Crippen molar-refractivity contribution in [1.82, 2.24) is 4.57 Å². The first kappa shape index (κ1) is 17.2. The monoisotopic (exact) mass is 341 g/mol. The van der Waals surface area contributed by atoms with Crippen molar-refractivity contribution in [3.63, 3.8) is 0 Å². The van der Waals surface area contributed by atoms with Gasteiger partial charge in [-0.2, -0.15) is 13.2 Å². The number of non-ortho nitro benzene ring substituents is 1. The van der Waals surface area contributed by atoms with Crippen LogP contribution in [0.4, 0.5) is 24.5 Å². The van der Waals surface area contributed by atoms with Crippen molar-refractivity contribution in [3.8, 4) is 0 Å². The molecule has 0 unspecified atom stereocenters. The van der Waals surface area contributed by atoms with E-state index in [-0.39, 0.29) is 11.4 Å². The highest BCUT2D eigenvalue weighted by Gasteiger charge is 2.31. The van der Waals surface area contributed by atoms with Gasteiger partial charge in [-0.25, -0.2) is 0 Å². The third-order valence-corrected chi connectivity index (χ3v) is 2.99. The predicted octanol–water partition coefficient (Wildman–Crippen LogP) is 2.41. The van der Waals surface area contributed by atoms with Crippen LogP contribution >= 0.6 is 0 Å². The average molecular weight is 341 g/mol. The number of benzene rings is 1. The Balaban J connectivity index is 2.12. The van der Waals surface area contributed by atoms with E-state index in [0.29, 0.717) is 16.8 Å². The summed E-state index contributed by atoms with van der Waals surface area (Å²) < 4.78 is 38.5. The number of nitro groups is 1. The minimum absolute atomic E-state index is 0.179. The van der Waals surface area contributed by atoms with E-state index >= 15 is 0 Å². The second-order valence-corrected chi connectivity index (χ2v) is 4.73. The molecule has 0 aliphatic heterocycles. The lowest BCUT2D eigenvalue weighted by atomic mass is 10.2. The van der Waals surface area contributed by atoms with E-state index in [4.69, 9.17) is 0 Å². The molecule has 1 aromatic carbocycles. The Morgan fingerprint density at radius 2 is 1.79 bits per heavy atom. The van der Waals surface area contributed by atoms with Crippen LogP contribution in [0.2, 0.25) is 0 Å². The highest BCUT2D eigenvalue weighted by atomic mass is 19.4. The fourth-order valence-electron chi connectivity index (χ4n) is 1.84. The number of halogens is 3. The first-order chi connectivity index (χ1) is 11.2. The summed E-state index contributed by atoms with van der Waals surface area (Å²) in [6, 6.07) is 6.21. The minimum Gasteiger partial charge on any atom is -0.325 e. The molecule has 24 heavy (non-hydrogen) atoms. The van der Waals surface area contributed by atoms with E-state index < -0.39 is 34.7 Å². The Morgan fingerprint density at radius 3 is 2.33 bits per heavy atom. The van der Waals surface area contributed by atoms with E-state index in [2.05, 4.69) is 5.32 Å². The molecular formula is C14H10F3N3O4. The van der Waals surface area contributed by atoms with Gasteiger partial charge in [0.15, 0.2) is 0 Å². The maximum atomic E-state index is 12.6. The van der Waals surface area contributed by atoms with Crippen LogP contribution in [0.25, 0.3) is 0 Å². The summed E-state index contributed by atoms with van der Waals surface area (Å²) in [5.74, 6) is -0.745. The third kappa shape index (κ3) is 4.18. The Hall–Kier alpha value is -3.17. The molecule has 0 fully saturated rings. The summed E-state index contributed by atoms with van der Waals surface area (Å²) in [7, 11) is 0. The van der Waals surface area contributed by atoms with Gasteiger partial charge in [0.25, 0.3) is 11.2 Å². The number of hydrogen-bond donors (Lipinski definition) is 1. The molecule has 2 aromatic rings. The van der Waals surface area contributed by atoms with E-state index in [0.717, 1.165) is 18.2 Å². The smallest absolute Gasteiger partial charge is 0.325 e. The Bertz CT molecular complexity index is 828. The normalized spacial score (nSPS) is 11.1. The van der Waals surface area contributed by atoms with Gasteiger partial charge < -0.3 is 9.88 Å². The second kappa shape index (κ2) is 6.52. The summed E-state index contributed by atoms with van der Waals surface area (Å²) in [5, 5.41) is 12.9. The Kier molecular flexibility index (Phi) is 4.67. The van der Waals surface area contributed by atoms with Crippen LogP contribution < -0.4 is 10.9 Å². The van der Waals surface area contributed by atoms with Crippen molar-refractivity contribution in [1.29, 1.82) is 0 Å². The van der Waals surface area contributed by atoms with Crippen molar-refractivity contribution >= 4 is 17.3 Å². The van der Waals surface area contributed by atoms with Gasteiger partial charge in [-0.1, -0.05) is 0 Å². The first-order valence-corrected chi connectivity index (χ1v) is 6.49. The molecule has 126 valence electrons. The van der Waals surface area contributed by atoms with E-state index in [1.165, 1.54) is 12.1 Å². The fraction of sp³-hybridized carbons (Fsp3) is 0.143. The van der Waals surface area contributed by atoms with Crippen molar-refractivity contribution in [3.05, 3.63) is 68.6 Å². The summed E-state index contributed by atoms with van der Waals surface area (Å²) in [6.07, 6.45) is -4.08. The lowest BCUT2D eigenvalue weighted by Gasteiger charge is -2.11. The molecule has 0 saturated heterocycles. The molecule has 2 rings (SSSR count). The molecule has 0 saturated carbocycles. The highest BCUT2D eigenvalue weighted by molar-refractivity contribution is 5.90. The lowest BCUT2D eigenvalue weighted by Crippen LogP contribution is -2.28. The number of nitro benzene ring substituents is 1. The Labute approximate surface area is 132 Å². The van der Waals surface area contributed by atoms with Gasteiger partial charge in [0.2, 0.25) is 5.91 Å². The van der Waals surface area contributed by atoms with Crippen LogP contribution in [0.1, 0.15) is 5.56 Å². The molecule has 10 heteroatoms. The van der Waals surface area contributed by atoms with Crippen molar-refractivity contribution in [2.45, 2.75) is 12.7 Å². The molecule has 1 N–H and O–H groups in total. The highest BCUT2D eigenvalue weighted by Crippen LogP contribution is 2.28. The van der Waals surface area contributed by atoms with Gasteiger partial charge >= 0.3 is 6.18 Å². The van der Waals surface area contributed by atoms with Gasteiger partial charge in [-0.3, -0.25) is 19.7 Å². The topological polar surface area (TPSA) is 94.2 Å². The Morgan fingerprint density at radius 1 is 1.17 bits per heavy atom. The minimum atomic E-state index is -4.63. The molecule has 0 atom stereocenters. The maximum Gasteiger partial charge on any atom is 0.417 e.